The van der Waals surface area contributed by atoms with Crippen molar-refractivity contribution in [3.05, 3.63) is 26.8 Å². The second kappa shape index (κ2) is 5.12. The number of hydrogen-bond donors (Lipinski definition) is 0. The fourth-order valence-corrected chi connectivity index (χ4v) is 1.83. The lowest BCUT2D eigenvalue weighted by Crippen LogP contribution is -2.01. The maximum Gasteiger partial charge on any atom is 0.161 e. The molecule has 15 heavy (non-hydrogen) atoms. The molecule has 0 aliphatic heterocycles. The third-order valence-corrected chi connectivity index (χ3v) is 2.71. The van der Waals surface area contributed by atoms with Gasteiger partial charge in [-0.05, 0) is 48.6 Å². The van der Waals surface area contributed by atoms with E-state index in [1.807, 2.05) is 13.0 Å². The number of benzene rings is 1. The van der Waals surface area contributed by atoms with E-state index in [4.69, 9.17) is 10.00 Å². The van der Waals surface area contributed by atoms with Crippen molar-refractivity contribution in [3.8, 4) is 11.8 Å². The first-order valence-electron chi connectivity index (χ1n) is 4.47. The molecule has 0 bridgehead atoms. The molecule has 0 fully saturated rings. The fraction of sp³-hybridized carbons (Fsp3) is 0.273. The normalized spacial score (nSPS) is 9.47. The number of nitriles is 1. The van der Waals surface area contributed by atoms with E-state index in [0.717, 1.165) is 3.57 Å². The van der Waals surface area contributed by atoms with Gasteiger partial charge in [0.05, 0.1) is 21.8 Å². The van der Waals surface area contributed by atoms with Gasteiger partial charge in [-0.2, -0.15) is 5.26 Å². The van der Waals surface area contributed by atoms with E-state index in [2.05, 4.69) is 22.6 Å². The average molecular weight is 315 g/mol. The van der Waals surface area contributed by atoms with Gasteiger partial charge in [-0.25, -0.2) is 0 Å². The van der Waals surface area contributed by atoms with E-state index in [-0.39, 0.29) is 5.78 Å². The highest BCUT2D eigenvalue weighted by atomic mass is 127. The first-order chi connectivity index (χ1) is 7.10. The number of carbonyl (C=O) groups is 1. The standard InChI is InChI=1S/C11H10INO2/c1-3-15-11-5-9(7(2)14)8(6-13)4-10(11)12/h4-5H,3H2,1-2H3. The van der Waals surface area contributed by atoms with Crippen molar-refractivity contribution in [2.75, 3.05) is 6.61 Å². The molecule has 0 aliphatic rings. The molecule has 0 unspecified atom stereocenters. The Bertz CT molecular complexity index is 435. The van der Waals surface area contributed by atoms with Crippen molar-refractivity contribution in [3.63, 3.8) is 0 Å². The largest absolute Gasteiger partial charge is 0.493 e. The van der Waals surface area contributed by atoms with E-state index in [1.54, 1.807) is 12.1 Å². The topological polar surface area (TPSA) is 50.1 Å². The van der Waals surface area contributed by atoms with Crippen molar-refractivity contribution in [1.29, 1.82) is 5.26 Å². The summed E-state index contributed by atoms with van der Waals surface area (Å²) in [4.78, 5) is 11.3. The number of Topliss-reactive ketones (excluding diaryl/α,β-unsaturated/α-hetero) is 1. The minimum absolute atomic E-state index is 0.121. The average Bonchev–Trinajstić information content (AvgIpc) is 2.20. The van der Waals surface area contributed by atoms with Gasteiger partial charge in [0.1, 0.15) is 5.75 Å². The number of ether oxygens (including phenoxy) is 1. The quantitative estimate of drug-likeness (QED) is 0.636. The number of ketones is 1. The van der Waals surface area contributed by atoms with Crippen LogP contribution in [0, 0.1) is 14.9 Å². The van der Waals surface area contributed by atoms with Gasteiger partial charge in [0.2, 0.25) is 0 Å². The zero-order valence-corrected chi connectivity index (χ0v) is 10.7. The van der Waals surface area contributed by atoms with Gasteiger partial charge in [-0.1, -0.05) is 0 Å². The first-order valence-corrected chi connectivity index (χ1v) is 5.55. The molecule has 1 aromatic carbocycles. The fourth-order valence-electron chi connectivity index (χ4n) is 1.20. The van der Waals surface area contributed by atoms with Crippen LogP contribution in [0.3, 0.4) is 0 Å². The molecule has 78 valence electrons. The van der Waals surface area contributed by atoms with Gasteiger partial charge < -0.3 is 4.74 Å². The van der Waals surface area contributed by atoms with E-state index in [1.165, 1.54) is 6.92 Å². The lowest BCUT2D eigenvalue weighted by Gasteiger charge is -2.08. The molecule has 0 aliphatic carbocycles. The summed E-state index contributed by atoms with van der Waals surface area (Å²) in [5.41, 5.74) is 0.816. The second-order valence-electron chi connectivity index (χ2n) is 2.93. The molecule has 0 aromatic heterocycles. The van der Waals surface area contributed by atoms with Crippen LogP contribution in [0.5, 0.6) is 5.75 Å². The Morgan fingerprint density at radius 1 is 1.60 bits per heavy atom. The van der Waals surface area contributed by atoms with Gasteiger partial charge in [0.15, 0.2) is 5.78 Å². The van der Waals surface area contributed by atoms with Crippen molar-refractivity contribution in [2.45, 2.75) is 13.8 Å². The minimum atomic E-state index is -0.121. The number of rotatable bonds is 3. The summed E-state index contributed by atoms with van der Waals surface area (Å²) in [6, 6.07) is 5.31. The van der Waals surface area contributed by atoms with Gasteiger partial charge in [-0.15, -0.1) is 0 Å². The minimum Gasteiger partial charge on any atom is -0.493 e. The lowest BCUT2D eigenvalue weighted by molar-refractivity contribution is 0.101. The van der Waals surface area contributed by atoms with Crippen LogP contribution < -0.4 is 4.74 Å². The maximum atomic E-state index is 11.3. The number of hydrogen-bond acceptors (Lipinski definition) is 3. The van der Waals surface area contributed by atoms with Crippen molar-refractivity contribution in [2.24, 2.45) is 0 Å². The van der Waals surface area contributed by atoms with Crippen LogP contribution in [-0.4, -0.2) is 12.4 Å². The maximum absolute atomic E-state index is 11.3. The molecule has 1 rings (SSSR count). The molecule has 0 amide bonds. The molecule has 0 saturated heterocycles. The van der Waals surface area contributed by atoms with Crippen LogP contribution >= 0.6 is 22.6 Å². The Labute approximate surface area is 102 Å². The van der Waals surface area contributed by atoms with Crippen LogP contribution in [0.25, 0.3) is 0 Å². The van der Waals surface area contributed by atoms with Gasteiger partial charge in [-0.3, -0.25) is 4.79 Å². The summed E-state index contributed by atoms with van der Waals surface area (Å²) in [6.45, 7) is 3.86. The molecule has 0 radical (unpaired) electrons. The summed E-state index contributed by atoms with van der Waals surface area (Å²) in [5.74, 6) is 0.534. The Balaban J connectivity index is 3.32. The number of halogens is 1. The molecule has 0 saturated carbocycles. The predicted molar refractivity (Wildman–Crippen MR) is 65.0 cm³/mol. The molecule has 0 heterocycles. The summed E-state index contributed by atoms with van der Waals surface area (Å²) >= 11 is 2.09. The third-order valence-electron chi connectivity index (χ3n) is 1.87. The highest BCUT2D eigenvalue weighted by molar-refractivity contribution is 14.1. The molecular formula is C11H10INO2. The molecule has 0 atom stereocenters. The van der Waals surface area contributed by atoms with Crippen molar-refractivity contribution in [1.82, 2.24) is 0 Å². The van der Waals surface area contributed by atoms with E-state index in [9.17, 15) is 4.79 Å². The smallest absolute Gasteiger partial charge is 0.161 e. The Kier molecular flexibility index (Phi) is 4.09. The van der Waals surface area contributed by atoms with Crippen LogP contribution in [-0.2, 0) is 0 Å². The second-order valence-corrected chi connectivity index (χ2v) is 4.09. The molecule has 0 spiro atoms. The molecular weight excluding hydrogens is 305 g/mol. The Morgan fingerprint density at radius 3 is 2.73 bits per heavy atom. The number of nitrogens with zero attached hydrogens (tertiary/aromatic N) is 1. The zero-order valence-electron chi connectivity index (χ0n) is 8.50. The molecule has 3 nitrogen and oxygen atoms in total. The van der Waals surface area contributed by atoms with Crippen LogP contribution in [0.2, 0.25) is 0 Å². The number of carbonyl (C=O) groups excluding carboxylic acids is 1. The van der Waals surface area contributed by atoms with Gasteiger partial charge in [0.25, 0.3) is 0 Å². The third kappa shape index (κ3) is 2.69. The highest BCUT2D eigenvalue weighted by Crippen LogP contribution is 2.25. The molecule has 1 aromatic rings. The summed E-state index contributed by atoms with van der Waals surface area (Å²) < 4.78 is 6.20. The van der Waals surface area contributed by atoms with Crippen molar-refractivity contribution >= 4 is 28.4 Å². The van der Waals surface area contributed by atoms with E-state index in [0.29, 0.717) is 23.5 Å². The Morgan fingerprint density at radius 2 is 2.27 bits per heavy atom. The monoisotopic (exact) mass is 315 g/mol. The van der Waals surface area contributed by atoms with Gasteiger partial charge in [0, 0.05) is 5.56 Å². The summed E-state index contributed by atoms with van der Waals surface area (Å²) in [5, 5.41) is 8.87. The van der Waals surface area contributed by atoms with E-state index < -0.39 is 0 Å². The summed E-state index contributed by atoms with van der Waals surface area (Å²) in [7, 11) is 0. The molecule has 0 N–H and O–H groups in total. The lowest BCUT2D eigenvalue weighted by atomic mass is 10.1. The predicted octanol–water partition coefficient (Wildman–Crippen LogP) is 2.76. The van der Waals surface area contributed by atoms with Crippen LogP contribution in [0.4, 0.5) is 0 Å². The summed E-state index contributed by atoms with van der Waals surface area (Å²) in [6.07, 6.45) is 0. The highest BCUT2D eigenvalue weighted by Gasteiger charge is 2.12. The van der Waals surface area contributed by atoms with E-state index >= 15 is 0 Å². The first kappa shape index (κ1) is 12.0. The molecule has 4 heteroatoms. The zero-order chi connectivity index (χ0) is 11.4. The SMILES string of the molecule is CCOc1cc(C(C)=O)c(C#N)cc1I. The van der Waals surface area contributed by atoms with Crippen LogP contribution in [0.15, 0.2) is 12.1 Å². The van der Waals surface area contributed by atoms with Crippen molar-refractivity contribution < 1.29 is 9.53 Å². The van der Waals surface area contributed by atoms with Crippen LogP contribution in [0.1, 0.15) is 29.8 Å². The Hall–Kier alpha value is -1.09. The van der Waals surface area contributed by atoms with Gasteiger partial charge >= 0.3 is 0 Å².